The fourth-order valence-corrected chi connectivity index (χ4v) is 5.34. The molecule has 0 N–H and O–H groups in total. The molecule has 0 radical (unpaired) electrons. The van der Waals surface area contributed by atoms with E-state index in [1.54, 1.807) is 23.1 Å². The van der Waals surface area contributed by atoms with Gasteiger partial charge < -0.3 is 9.15 Å². The number of halogens is 2. The van der Waals surface area contributed by atoms with Gasteiger partial charge in [0.25, 0.3) is 0 Å². The standard InChI is InChI=1S/C23H23ClN4O4S.ClH/c1-15-6-7-16(24)21-20(15)25-22(33-21)27(9-8-26-10-12-31-13-11-26)19(29)14-28-17-4-2-3-5-18(17)32-23(28)30;/h2-7H,8-14H2,1H3;1H. The van der Waals surface area contributed by atoms with E-state index in [0.29, 0.717) is 47.6 Å². The van der Waals surface area contributed by atoms with Gasteiger partial charge in [0.2, 0.25) is 5.91 Å². The summed E-state index contributed by atoms with van der Waals surface area (Å²) in [6, 6.07) is 10.9. The Morgan fingerprint density at radius 2 is 1.97 bits per heavy atom. The Hall–Kier alpha value is -2.43. The second-order valence-electron chi connectivity index (χ2n) is 7.96. The first-order valence-corrected chi connectivity index (χ1v) is 11.9. The molecule has 5 rings (SSSR count). The van der Waals surface area contributed by atoms with Crippen LogP contribution < -0.4 is 10.7 Å². The molecule has 0 bridgehead atoms. The van der Waals surface area contributed by atoms with E-state index in [4.69, 9.17) is 25.7 Å². The zero-order valence-electron chi connectivity index (χ0n) is 18.5. The fraction of sp³-hybridized carbons (Fsp3) is 0.348. The second-order valence-corrected chi connectivity index (χ2v) is 9.34. The van der Waals surface area contributed by atoms with Gasteiger partial charge in [0, 0.05) is 26.2 Å². The summed E-state index contributed by atoms with van der Waals surface area (Å²) < 4.78 is 13.0. The van der Waals surface area contributed by atoms with Crippen molar-refractivity contribution in [1.82, 2.24) is 14.5 Å². The molecule has 1 amide bonds. The van der Waals surface area contributed by atoms with Gasteiger partial charge in [0.1, 0.15) is 6.54 Å². The van der Waals surface area contributed by atoms with Crippen molar-refractivity contribution in [2.75, 3.05) is 44.3 Å². The van der Waals surface area contributed by atoms with Crippen LogP contribution in [0.15, 0.2) is 45.6 Å². The van der Waals surface area contributed by atoms with Crippen LogP contribution >= 0.6 is 35.3 Å². The number of aromatic nitrogens is 2. The number of hydrogen-bond acceptors (Lipinski definition) is 7. The summed E-state index contributed by atoms with van der Waals surface area (Å²) in [7, 11) is 0. The van der Waals surface area contributed by atoms with Crippen LogP contribution in [0.5, 0.6) is 0 Å². The molecule has 0 unspecified atom stereocenters. The number of ether oxygens (including phenoxy) is 1. The van der Waals surface area contributed by atoms with Gasteiger partial charge in [-0.05, 0) is 30.7 Å². The number of carbonyl (C=O) groups is 1. The Bertz CT molecular complexity index is 1340. The third-order valence-corrected chi connectivity index (χ3v) is 7.37. The number of thiazole rings is 1. The van der Waals surface area contributed by atoms with E-state index in [9.17, 15) is 9.59 Å². The number of para-hydroxylation sites is 2. The van der Waals surface area contributed by atoms with Gasteiger partial charge in [-0.15, -0.1) is 12.4 Å². The average molecular weight is 523 g/mol. The van der Waals surface area contributed by atoms with E-state index in [0.717, 1.165) is 28.9 Å². The van der Waals surface area contributed by atoms with Crippen LogP contribution in [0.3, 0.4) is 0 Å². The maximum atomic E-state index is 13.5. The van der Waals surface area contributed by atoms with E-state index in [1.807, 2.05) is 25.1 Å². The first-order chi connectivity index (χ1) is 16.0. The molecule has 2 aromatic heterocycles. The SMILES string of the molecule is Cc1ccc(Cl)c2sc(N(CCN3CCOCC3)C(=O)Cn3c(=O)oc4ccccc43)nc12.Cl. The lowest BCUT2D eigenvalue weighted by Gasteiger charge is -2.29. The summed E-state index contributed by atoms with van der Waals surface area (Å²) in [6.07, 6.45) is 0. The number of rotatable bonds is 6. The summed E-state index contributed by atoms with van der Waals surface area (Å²) in [5.74, 6) is -0.786. The molecule has 1 aliphatic rings. The lowest BCUT2D eigenvalue weighted by molar-refractivity contribution is -0.119. The quantitative estimate of drug-likeness (QED) is 0.381. The van der Waals surface area contributed by atoms with Gasteiger partial charge in [0.05, 0.1) is 34.0 Å². The zero-order valence-corrected chi connectivity index (χ0v) is 20.9. The van der Waals surface area contributed by atoms with Gasteiger partial charge in [-0.2, -0.15) is 0 Å². The summed E-state index contributed by atoms with van der Waals surface area (Å²) in [6.45, 7) is 5.96. The first kappa shape index (κ1) is 24.7. The minimum atomic E-state index is -0.555. The average Bonchev–Trinajstić information content (AvgIpc) is 3.40. The third kappa shape index (κ3) is 4.85. The maximum Gasteiger partial charge on any atom is 0.420 e. The molecule has 0 spiro atoms. The molecule has 1 fully saturated rings. The number of nitrogens with zero attached hydrogens (tertiary/aromatic N) is 4. The lowest BCUT2D eigenvalue weighted by Crippen LogP contribution is -2.44. The van der Waals surface area contributed by atoms with Crippen molar-refractivity contribution in [3.05, 3.63) is 57.5 Å². The number of fused-ring (bicyclic) bond motifs is 2. The van der Waals surface area contributed by atoms with Crippen LogP contribution in [-0.4, -0.2) is 59.8 Å². The number of oxazole rings is 1. The smallest absolute Gasteiger partial charge is 0.408 e. The Labute approximate surface area is 211 Å². The molecule has 11 heteroatoms. The van der Waals surface area contributed by atoms with E-state index in [-0.39, 0.29) is 24.9 Å². The molecule has 8 nitrogen and oxygen atoms in total. The van der Waals surface area contributed by atoms with E-state index in [2.05, 4.69) is 4.90 Å². The normalized spacial score (nSPS) is 14.4. The van der Waals surface area contributed by atoms with Crippen LogP contribution in [0.2, 0.25) is 5.02 Å². The first-order valence-electron chi connectivity index (χ1n) is 10.8. The highest BCUT2D eigenvalue weighted by Crippen LogP contribution is 2.35. The number of benzene rings is 2. The van der Waals surface area contributed by atoms with Crippen LogP contribution in [0, 0.1) is 6.92 Å². The van der Waals surface area contributed by atoms with Crippen molar-refractivity contribution >= 4 is 67.7 Å². The molecule has 34 heavy (non-hydrogen) atoms. The Morgan fingerprint density at radius 1 is 1.21 bits per heavy atom. The molecular weight excluding hydrogens is 499 g/mol. The van der Waals surface area contributed by atoms with Gasteiger partial charge in [-0.25, -0.2) is 9.78 Å². The summed E-state index contributed by atoms with van der Waals surface area (Å²) in [4.78, 5) is 34.7. The molecule has 4 aromatic rings. The van der Waals surface area contributed by atoms with Crippen LogP contribution in [0.1, 0.15) is 5.56 Å². The van der Waals surface area contributed by atoms with E-state index >= 15 is 0 Å². The molecular formula is C23H24Cl2N4O4S. The number of amides is 1. The van der Waals surface area contributed by atoms with Crippen LogP contribution in [-0.2, 0) is 16.1 Å². The molecule has 0 aliphatic carbocycles. The van der Waals surface area contributed by atoms with E-state index in [1.165, 1.54) is 15.9 Å². The second kappa shape index (κ2) is 10.5. The largest absolute Gasteiger partial charge is 0.420 e. The van der Waals surface area contributed by atoms with Crippen molar-refractivity contribution < 1.29 is 13.9 Å². The van der Waals surface area contributed by atoms with E-state index < -0.39 is 5.76 Å². The highest BCUT2D eigenvalue weighted by Gasteiger charge is 2.24. The molecule has 3 heterocycles. The zero-order chi connectivity index (χ0) is 22.9. The molecule has 2 aromatic carbocycles. The fourth-order valence-electron chi connectivity index (χ4n) is 3.98. The van der Waals surface area contributed by atoms with Crippen molar-refractivity contribution in [2.24, 2.45) is 0 Å². The Kier molecular flexibility index (Phi) is 7.59. The Balaban J connectivity index is 0.00000274. The highest BCUT2D eigenvalue weighted by atomic mass is 35.5. The van der Waals surface area contributed by atoms with Gasteiger partial charge in [-0.1, -0.05) is 41.1 Å². The minimum Gasteiger partial charge on any atom is -0.408 e. The predicted molar refractivity (Wildman–Crippen MR) is 137 cm³/mol. The Morgan fingerprint density at radius 3 is 2.74 bits per heavy atom. The monoisotopic (exact) mass is 522 g/mol. The molecule has 1 saturated heterocycles. The van der Waals surface area contributed by atoms with Crippen molar-refractivity contribution in [2.45, 2.75) is 13.5 Å². The topological polar surface area (TPSA) is 80.8 Å². The molecule has 0 atom stereocenters. The molecule has 0 saturated carbocycles. The number of morpholine rings is 1. The maximum absolute atomic E-state index is 13.5. The highest BCUT2D eigenvalue weighted by molar-refractivity contribution is 7.23. The molecule has 180 valence electrons. The van der Waals surface area contributed by atoms with Crippen molar-refractivity contribution in [1.29, 1.82) is 0 Å². The third-order valence-electron chi connectivity index (χ3n) is 5.83. The van der Waals surface area contributed by atoms with Crippen molar-refractivity contribution in [3.8, 4) is 0 Å². The number of anilines is 1. The number of hydrogen-bond donors (Lipinski definition) is 0. The van der Waals surface area contributed by atoms with Crippen LogP contribution in [0.4, 0.5) is 5.13 Å². The van der Waals surface area contributed by atoms with Gasteiger partial charge in [0.15, 0.2) is 10.7 Å². The summed E-state index contributed by atoms with van der Waals surface area (Å²) in [5.41, 5.74) is 2.83. The number of carbonyl (C=O) groups excluding carboxylic acids is 1. The summed E-state index contributed by atoms with van der Waals surface area (Å²) in [5, 5.41) is 1.18. The minimum absolute atomic E-state index is 0. The van der Waals surface area contributed by atoms with Gasteiger partial charge in [-0.3, -0.25) is 19.2 Å². The van der Waals surface area contributed by atoms with Crippen LogP contribution in [0.25, 0.3) is 21.3 Å². The summed E-state index contributed by atoms with van der Waals surface area (Å²) >= 11 is 7.80. The predicted octanol–water partition coefficient (Wildman–Crippen LogP) is 3.95. The number of aryl methyl sites for hydroxylation is 1. The molecule has 1 aliphatic heterocycles. The van der Waals surface area contributed by atoms with Crippen molar-refractivity contribution in [3.63, 3.8) is 0 Å². The van der Waals surface area contributed by atoms with Gasteiger partial charge >= 0.3 is 5.76 Å². The lowest BCUT2D eigenvalue weighted by atomic mass is 10.2.